The standard InChI is InChI=1S/C21H23ClN4O3/c1-3-11-29-20-17(22)12-15(13-18(20)28-4-2)21(27)24-19-8-10-26(25-19)14-16-7-5-6-9-23-16/h5-10,12-13H,3-4,11,14H2,1-2H3,(H,24,25,27). The molecule has 0 saturated heterocycles. The molecule has 3 rings (SSSR count). The van der Waals surface area contributed by atoms with Crippen LogP contribution in [0.2, 0.25) is 5.02 Å². The molecule has 2 aromatic heterocycles. The number of halogens is 1. The van der Waals surface area contributed by atoms with Gasteiger partial charge in [0.1, 0.15) is 0 Å². The number of carbonyl (C=O) groups is 1. The van der Waals surface area contributed by atoms with Crippen LogP contribution in [0.15, 0.2) is 48.8 Å². The van der Waals surface area contributed by atoms with Gasteiger partial charge in [0.05, 0.1) is 30.5 Å². The van der Waals surface area contributed by atoms with Gasteiger partial charge in [0.25, 0.3) is 5.91 Å². The number of nitrogens with one attached hydrogen (secondary N) is 1. The maximum atomic E-state index is 12.7. The quantitative estimate of drug-likeness (QED) is 0.560. The van der Waals surface area contributed by atoms with Crippen LogP contribution in [0.4, 0.5) is 5.82 Å². The Morgan fingerprint density at radius 3 is 2.79 bits per heavy atom. The Morgan fingerprint density at radius 1 is 1.21 bits per heavy atom. The molecule has 0 aliphatic heterocycles. The summed E-state index contributed by atoms with van der Waals surface area (Å²) in [7, 11) is 0. The van der Waals surface area contributed by atoms with E-state index in [0.29, 0.717) is 47.7 Å². The first-order valence-electron chi connectivity index (χ1n) is 9.44. The van der Waals surface area contributed by atoms with E-state index in [0.717, 1.165) is 12.1 Å². The molecule has 8 heteroatoms. The number of aromatic nitrogens is 3. The Balaban J connectivity index is 1.73. The van der Waals surface area contributed by atoms with Crippen molar-refractivity contribution in [1.29, 1.82) is 0 Å². The van der Waals surface area contributed by atoms with Crippen molar-refractivity contribution < 1.29 is 14.3 Å². The SMILES string of the molecule is CCCOc1c(Cl)cc(C(=O)Nc2ccn(Cc3ccccn3)n2)cc1OCC. The highest BCUT2D eigenvalue weighted by Crippen LogP contribution is 2.37. The molecule has 0 atom stereocenters. The molecule has 0 fully saturated rings. The van der Waals surface area contributed by atoms with Gasteiger partial charge in [0.2, 0.25) is 0 Å². The summed E-state index contributed by atoms with van der Waals surface area (Å²) in [5.74, 6) is 0.996. The Kier molecular flexibility index (Phi) is 7.08. The summed E-state index contributed by atoms with van der Waals surface area (Å²) in [6.45, 7) is 5.32. The lowest BCUT2D eigenvalue weighted by Crippen LogP contribution is -2.14. The number of hydrogen-bond acceptors (Lipinski definition) is 5. The molecule has 0 aliphatic rings. The highest BCUT2D eigenvalue weighted by Gasteiger charge is 2.17. The average molecular weight is 415 g/mol. The molecule has 0 aliphatic carbocycles. The highest BCUT2D eigenvalue weighted by molar-refractivity contribution is 6.32. The molecule has 2 heterocycles. The second-order valence-electron chi connectivity index (χ2n) is 6.24. The molecule has 7 nitrogen and oxygen atoms in total. The van der Waals surface area contributed by atoms with Gasteiger partial charge in [0, 0.05) is 24.0 Å². The van der Waals surface area contributed by atoms with Crippen molar-refractivity contribution >= 4 is 23.3 Å². The average Bonchev–Trinajstić information content (AvgIpc) is 3.15. The van der Waals surface area contributed by atoms with Crippen molar-refractivity contribution in [3.8, 4) is 11.5 Å². The summed E-state index contributed by atoms with van der Waals surface area (Å²) in [6.07, 6.45) is 4.35. The van der Waals surface area contributed by atoms with E-state index in [-0.39, 0.29) is 5.91 Å². The van der Waals surface area contributed by atoms with Crippen LogP contribution >= 0.6 is 11.6 Å². The fourth-order valence-electron chi connectivity index (χ4n) is 2.67. The number of rotatable bonds is 9. The fraction of sp³-hybridized carbons (Fsp3) is 0.286. The van der Waals surface area contributed by atoms with Gasteiger partial charge in [-0.3, -0.25) is 14.5 Å². The van der Waals surface area contributed by atoms with Crippen molar-refractivity contribution in [3.05, 3.63) is 65.1 Å². The van der Waals surface area contributed by atoms with Crippen LogP contribution in [-0.2, 0) is 6.54 Å². The van der Waals surface area contributed by atoms with E-state index in [1.54, 1.807) is 35.3 Å². The number of carbonyl (C=O) groups excluding carboxylic acids is 1. The molecule has 1 N–H and O–H groups in total. The Morgan fingerprint density at radius 2 is 2.07 bits per heavy atom. The zero-order chi connectivity index (χ0) is 20.6. The van der Waals surface area contributed by atoms with Gasteiger partial charge >= 0.3 is 0 Å². The first-order valence-corrected chi connectivity index (χ1v) is 9.82. The lowest BCUT2D eigenvalue weighted by molar-refractivity contribution is 0.102. The predicted octanol–water partition coefficient (Wildman–Crippen LogP) is 4.42. The monoisotopic (exact) mass is 414 g/mol. The number of benzene rings is 1. The van der Waals surface area contributed by atoms with Crippen molar-refractivity contribution in [2.75, 3.05) is 18.5 Å². The van der Waals surface area contributed by atoms with Crippen LogP contribution in [0.3, 0.4) is 0 Å². The van der Waals surface area contributed by atoms with Gasteiger partial charge in [-0.25, -0.2) is 0 Å². The molecule has 0 unspecified atom stereocenters. The molecule has 0 bridgehead atoms. The van der Waals surface area contributed by atoms with Crippen LogP contribution in [0.1, 0.15) is 36.3 Å². The predicted molar refractivity (Wildman–Crippen MR) is 112 cm³/mol. The summed E-state index contributed by atoms with van der Waals surface area (Å²) < 4.78 is 13.0. The third-order valence-corrected chi connectivity index (χ3v) is 4.24. The summed E-state index contributed by atoms with van der Waals surface area (Å²) >= 11 is 6.34. The highest BCUT2D eigenvalue weighted by atomic mass is 35.5. The maximum Gasteiger partial charge on any atom is 0.257 e. The van der Waals surface area contributed by atoms with Gasteiger partial charge in [0.15, 0.2) is 17.3 Å². The minimum atomic E-state index is -0.335. The minimum absolute atomic E-state index is 0.329. The number of anilines is 1. The van der Waals surface area contributed by atoms with E-state index in [1.165, 1.54) is 0 Å². The number of hydrogen-bond donors (Lipinski definition) is 1. The molecule has 29 heavy (non-hydrogen) atoms. The van der Waals surface area contributed by atoms with Crippen molar-refractivity contribution in [2.24, 2.45) is 0 Å². The van der Waals surface area contributed by atoms with Crippen LogP contribution in [0, 0.1) is 0 Å². The van der Waals surface area contributed by atoms with Crippen molar-refractivity contribution in [2.45, 2.75) is 26.8 Å². The topological polar surface area (TPSA) is 78.3 Å². The summed E-state index contributed by atoms with van der Waals surface area (Å²) in [5.41, 5.74) is 1.24. The summed E-state index contributed by atoms with van der Waals surface area (Å²) in [5, 5.41) is 7.47. The van der Waals surface area contributed by atoms with Gasteiger partial charge in [-0.15, -0.1) is 0 Å². The van der Waals surface area contributed by atoms with Crippen LogP contribution < -0.4 is 14.8 Å². The molecule has 0 radical (unpaired) electrons. The number of amides is 1. The number of nitrogens with zero attached hydrogens (tertiary/aromatic N) is 3. The van der Waals surface area contributed by atoms with Gasteiger partial charge < -0.3 is 14.8 Å². The van der Waals surface area contributed by atoms with E-state index in [2.05, 4.69) is 15.4 Å². The molecular formula is C21H23ClN4O3. The van der Waals surface area contributed by atoms with E-state index in [4.69, 9.17) is 21.1 Å². The lowest BCUT2D eigenvalue weighted by atomic mass is 10.2. The van der Waals surface area contributed by atoms with E-state index >= 15 is 0 Å². The van der Waals surface area contributed by atoms with Crippen LogP contribution in [-0.4, -0.2) is 33.9 Å². The molecule has 3 aromatic rings. The minimum Gasteiger partial charge on any atom is -0.490 e. The Bertz CT molecular complexity index is 960. The zero-order valence-electron chi connectivity index (χ0n) is 16.4. The third-order valence-electron chi connectivity index (χ3n) is 3.95. The Hall–Kier alpha value is -3.06. The zero-order valence-corrected chi connectivity index (χ0v) is 17.1. The smallest absolute Gasteiger partial charge is 0.257 e. The molecule has 0 saturated carbocycles. The Labute approximate surface area is 174 Å². The third kappa shape index (κ3) is 5.48. The largest absolute Gasteiger partial charge is 0.490 e. The van der Waals surface area contributed by atoms with Crippen LogP contribution in [0.25, 0.3) is 0 Å². The summed E-state index contributed by atoms with van der Waals surface area (Å²) in [4.78, 5) is 17.0. The van der Waals surface area contributed by atoms with Crippen molar-refractivity contribution in [3.63, 3.8) is 0 Å². The number of pyridine rings is 1. The molecular weight excluding hydrogens is 392 g/mol. The van der Waals surface area contributed by atoms with Gasteiger partial charge in [-0.1, -0.05) is 24.6 Å². The fourth-order valence-corrected chi connectivity index (χ4v) is 2.93. The molecule has 152 valence electrons. The van der Waals surface area contributed by atoms with Gasteiger partial charge in [-0.2, -0.15) is 5.10 Å². The van der Waals surface area contributed by atoms with Gasteiger partial charge in [-0.05, 0) is 37.6 Å². The summed E-state index contributed by atoms with van der Waals surface area (Å²) in [6, 6.07) is 10.6. The second kappa shape index (κ2) is 9.93. The van der Waals surface area contributed by atoms with E-state index < -0.39 is 0 Å². The molecule has 0 spiro atoms. The first kappa shape index (κ1) is 20.7. The maximum absolute atomic E-state index is 12.7. The molecule has 1 aromatic carbocycles. The first-order chi connectivity index (χ1) is 14.1. The normalized spacial score (nSPS) is 10.6. The lowest BCUT2D eigenvalue weighted by Gasteiger charge is -2.14. The number of ether oxygens (including phenoxy) is 2. The van der Waals surface area contributed by atoms with Crippen molar-refractivity contribution in [1.82, 2.24) is 14.8 Å². The van der Waals surface area contributed by atoms with Crippen LogP contribution in [0.5, 0.6) is 11.5 Å². The van der Waals surface area contributed by atoms with E-state index in [1.807, 2.05) is 32.0 Å². The molecule has 1 amide bonds. The van der Waals surface area contributed by atoms with E-state index in [9.17, 15) is 4.79 Å². The second-order valence-corrected chi connectivity index (χ2v) is 6.65.